The molecule has 2 rings (SSSR count). The van der Waals surface area contributed by atoms with Gasteiger partial charge in [0.1, 0.15) is 5.75 Å². The molecule has 0 amide bonds. The molecule has 23 heavy (non-hydrogen) atoms. The smallest absolute Gasteiger partial charge is 0.296 e. The van der Waals surface area contributed by atoms with Gasteiger partial charge in [0.2, 0.25) is 0 Å². The Hall–Kier alpha value is -1.85. The summed E-state index contributed by atoms with van der Waals surface area (Å²) >= 11 is 0. The van der Waals surface area contributed by atoms with Crippen LogP contribution in [0.15, 0.2) is 53.4 Å². The Morgan fingerprint density at radius 3 is 2.26 bits per heavy atom. The van der Waals surface area contributed by atoms with Crippen molar-refractivity contribution < 1.29 is 17.3 Å². The molecular formula is C18H21O4S. The predicted octanol–water partition coefficient (Wildman–Crippen LogP) is 3.55. The second-order valence-electron chi connectivity index (χ2n) is 5.19. The lowest BCUT2D eigenvalue weighted by Crippen LogP contribution is -2.08. The molecule has 0 aliphatic heterocycles. The van der Waals surface area contributed by atoms with Crippen molar-refractivity contribution in [2.24, 2.45) is 0 Å². The Balaban J connectivity index is 1.81. The van der Waals surface area contributed by atoms with Gasteiger partial charge in [-0.3, -0.25) is 4.18 Å². The number of benzene rings is 2. The van der Waals surface area contributed by atoms with Gasteiger partial charge in [-0.05, 0) is 56.5 Å². The molecule has 0 heterocycles. The molecular weight excluding hydrogens is 312 g/mol. The van der Waals surface area contributed by atoms with E-state index in [1.165, 1.54) is 0 Å². The van der Waals surface area contributed by atoms with Crippen molar-refractivity contribution in [2.75, 3.05) is 13.2 Å². The van der Waals surface area contributed by atoms with Crippen molar-refractivity contribution >= 4 is 10.1 Å². The zero-order valence-corrected chi connectivity index (χ0v) is 14.0. The lowest BCUT2D eigenvalue weighted by Gasteiger charge is -2.07. The van der Waals surface area contributed by atoms with Crippen LogP contribution in [0, 0.1) is 13.8 Å². The maximum atomic E-state index is 12.0. The molecule has 0 bridgehead atoms. The lowest BCUT2D eigenvalue weighted by molar-refractivity contribution is 0.312. The number of hydrogen-bond donors (Lipinski definition) is 0. The summed E-state index contributed by atoms with van der Waals surface area (Å²) in [6.07, 6.45) is 1.37. The van der Waals surface area contributed by atoms with E-state index in [0.717, 1.165) is 23.3 Å². The molecule has 5 heteroatoms. The van der Waals surface area contributed by atoms with Crippen LogP contribution >= 0.6 is 0 Å². The van der Waals surface area contributed by atoms with Crippen LogP contribution in [-0.2, 0) is 20.7 Å². The van der Waals surface area contributed by atoms with Crippen molar-refractivity contribution in [1.29, 1.82) is 0 Å². The van der Waals surface area contributed by atoms with Gasteiger partial charge in [0.25, 0.3) is 10.1 Å². The van der Waals surface area contributed by atoms with E-state index in [9.17, 15) is 8.42 Å². The summed E-state index contributed by atoms with van der Waals surface area (Å²) in [7, 11) is -3.67. The van der Waals surface area contributed by atoms with Gasteiger partial charge < -0.3 is 4.74 Å². The first-order chi connectivity index (χ1) is 11.0. The fourth-order valence-corrected chi connectivity index (χ4v) is 3.03. The Bertz CT molecular complexity index is 704. The minimum atomic E-state index is -3.67. The van der Waals surface area contributed by atoms with Gasteiger partial charge in [-0.15, -0.1) is 0 Å². The Kier molecular flexibility index (Phi) is 6.19. The Labute approximate surface area is 138 Å². The summed E-state index contributed by atoms with van der Waals surface area (Å²) in [5.74, 6) is 0.780. The monoisotopic (exact) mass is 333 g/mol. The second kappa shape index (κ2) is 8.13. The van der Waals surface area contributed by atoms with E-state index in [4.69, 9.17) is 8.92 Å². The van der Waals surface area contributed by atoms with Crippen molar-refractivity contribution in [3.05, 3.63) is 66.6 Å². The van der Waals surface area contributed by atoms with Crippen LogP contribution in [0.2, 0.25) is 0 Å². The highest BCUT2D eigenvalue weighted by atomic mass is 32.2. The minimum Gasteiger partial charge on any atom is -0.494 e. The van der Waals surface area contributed by atoms with E-state index in [2.05, 4.69) is 6.92 Å². The molecule has 2 aromatic rings. The zero-order chi connectivity index (χ0) is 16.7. The topological polar surface area (TPSA) is 52.6 Å². The number of rotatable bonds is 8. The molecule has 0 atom stereocenters. The summed E-state index contributed by atoms with van der Waals surface area (Å²) in [4.78, 5) is 0.192. The third-order valence-corrected chi connectivity index (χ3v) is 4.68. The molecule has 0 saturated carbocycles. The molecule has 123 valence electrons. The van der Waals surface area contributed by atoms with E-state index >= 15 is 0 Å². The first-order valence-corrected chi connectivity index (χ1v) is 8.89. The zero-order valence-electron chi connectivity index (χ0n) is 13.2. The summed E-state index contributed by atoms with van der Waals surface area (Å²) < 4.78 is 34.4. The number of ether oxygens (including phenoxy) is 1. The fourth-order valence-electron chi connectivity index (χ4n) is 2.09. The van der Waals surface area contributed by atoms with Crippen LogP contribution in [0.4, 0.5) is 0 Å². The Morgan fingerprint density at radius 2 is 1.65 bits per heavy atom. The molecule has 0 aliphatic carbocycles. The normalized spacial score (nSPS) is 11.4. The van der Waals surface area contributed by atoms with Crippen molar-refractivity contribution in [3.63, 3.8) is 0 Å². The molecule has 0 spiro atoms. The van der Waals surface area contributed by atoms with E-state index in [0.29, 0.717) is 13.0 Å². The highest BCUT2D eigenvalue weighted by molar-refractivity contribution is 7.86. The van der Waals surface area contributed by atoms with Crippen LogP contribution in [-0.4, -0.2) is 21.6 Å². The molecule has 0 saturated heterocycles. The average molecular weight is 333 g/mol. The van der Waals surface area contributed by atoms with E-state index in [-0.39, 0.29) is 11.5 Å². The number of hydrogen-bond acceptors (Lipinski definition) is 4. The van der Waals surface area contributed by atoms with Crippen LogP contribution < -0.4 is 4.74 Å². The van der Waals surface area contributed by atoms with Gasteiger partial charge in [-0.2, -0.15) is 8.42 Å². The second-order valence-corrected chi connectivity index (χ2v) is 6.80. The predicted molar refractivity (Wildman–Crippen MR) is 89.9 cm³/mol. The molecule has 1 radical (unpaired) electrons. The molecule has 4 nitrogen and oxygen atoms in total. The average Bonchev–Trinajstić information content (AvgIpc) is 2.54. The van der Waals surface area contributed by atoms with Crippen molar-refractivity contribution in [1.82, 2.24) is 0 Å². The molecule has 0 N–H and O–H groups in total. The summed E-state index contributed by atoms with van der Waals surface area (Å²) in [6, 6.07) is 14.3. The van der Waals surface area contributed by atoms with Crippen molar-refractivity contribution in [3.8, 4) is 5.75 Å². The van der Waals surface area contributed by atoms with Gasteiger partial charge in [0, 0.05) is 0 Å². The third kappa shape index (κ3) is 5.37. The van der Waals surface area contributed by atoms with Crippen LogP contribution in [0.1, 0.15) is 17.5 Å². The highest BCUT2D eigenvalue weighted by Gasteiger charge is 2.14. The van der Waals surface area contributed by atoms with Gasteiger partial charge in [0.15, 0.2) is 0 Å². The highest BCUT2D eigenvalue weighted by Crippen LogP contribution is 2.15. The summed E-state index contributed by atoms with van der Waals surface area (Å²) in [5, 5.41) is 0. The summed E-state index contributed by atoms with van der Waals surface area (Å²) in [5.41, 5.74) is 2.12. The molecule has 2 aromatic carbocycles. The lowest BCUT2D eigenvalue weighted by atomic mass is 10.1. The maximum Gasteiger partial charge on any atom is 0.296 e. The molecule has 0 aromatic heterocycles. The standard InChI is InChI=1S/C18H21O4S/c1-3-21-17-10-8-16(9-11-17)5-4-14-22-23(19,20)18-12-6-15(2)7-13-18/h6-13H,1,3-5,14H2,2H3. The summed E-state index contributed by atoms with van der Waals surface area (Å²) in [6.45, 7) is 6.08. The van der Waals surface area contributed by atoms with E-state index in [1.807, 2.05) is 31.2 Å². The van der Waals surface area contributed by atoms with Gasteiger partial charge in [0.05, 0.1) is 18.1 Å². The SMILES string of the molecule is [CH2]COc1ccc(CCCOS(=O)(=O)c2ccc(C)cc2)cc1. The van der Waals surface area contributed by atoms with E-state index in [1.54, 1.807) is 24.3 Å². The molecule has 0 fully saturated rings. The third-order valence-electron chi connectivity index (χ3n) is 3.35. The first kappa shape index (κ1) is 17.5. The first-order valence-electron chi connectivity index (χ1n) is 7.48. The van der Waals surface area contributed by atoms with Gasteiger partial charge in [-0.1, -0.05) is 29.8 Å². The largest absolute Gasteiger partial charge is 0.494 e. The van der Waals surface area contributed by atoms with Crippen LogP contribution in [0.3, 0.4) is 0 Å². The van der Waals surface area contributed by atoms with Gasteiger partial charge in [-0.25, -0.2) is 0 Å². The van der Waals surface area contributed by atoms with Crippen molar-refractivity contribution in [2.45, 2.75) is 24.7 Å². The quantitative estimate of drug-likeness (QED) is 0.548. The number of aryl methyl sites for hydroxylation is 2. The maximum absolute atomic E-state index is 12.0. The van der Waals surface area contributed by atoms with Crippen LogP contribution in [0.25, 0.3) is 0 Å². The molecule has 0 aliphatic rings. The Morgan fingerprint density at radius 1 is 1.00 bits per heavy atom. The van der Waals surface area contributed by atoms with E-state index < -0.39 is 10.1 Å². The van der Waals surface area contributed by atoms with Crippen LogP contribution in [0.5, 0.6) is 5.75 Å². The fraction of sp³-hybridized carbons (Fsp3) is 0.278. The van der Waals surface area contributed by atoms with Gasteiger partial charge >= 0.3 is 0 Å². The molecule has 0 unspecified atom stereocenters. The minimum absolute atomic E-state index is 0.160.